The van der Waals surface area contributed by atoms with Gasteiger partial charge < -0.3 is 39.9 Å². The molecule has 6 atom stereocenters. The average molecular weight is 899 g/mol. The zero-order chi connectivity index (χ0) is 45.5. The Morgan fingerprint density at radius 3 is 1.37 bits per heavy atom. The Labute approximate surface area is 375 Å². The first kappa shape index (κ1) is 58.1. The molecule has 1 fully saturated rings. The number of allylic oxidation sites excluding steroid dienone is 10. The van der Waals surface area contributed by atoms with Gasteiger partial charge in [-0.25, -0.2) is 4.57 Å². The first-order valence-corrected chi connectivity index (χ1v) is 25.6. The van der Waals surface area contributed by atoms with Crippen LogP contribution in [0.3, 0.4) is 0 Å². The minimum absolute atomic E-state index is 0.0916. The number of ether oxygens (including phenoxy) is 2. The van der Waals surface area contributed by atoms with E-state index in [1.165, 1.54) is 64.2 Å². The number of aliphatic hydroxyl groups excluding tert-OH is 5. The maximum atomic E-state index is 12.8. The van der Waals surface area contributed by atoms with Crippen molar-refractivity contribution in [2.75, 3.05) is 19.8 Å². The van der Waals surface area contributed by atoms with Crippen molar-refractivity contribution >= 4 is 13.8 Å². The lowest BCUT2D eigenvalue weighted by Crippen LogP contribution is -2.64. The van der Waals surface area contributed by atoms with Crippen LogP contribution in [-0.2, 0) is 27.9 Å². The summed E-state index contributed by atoms with van der Waals surface area (Å²) in [7, 11) is -5.03. The molecule has 360 valence electrons. The molecule has 1 rings (SSSR count). The molecule has 0 aliphatic heterocycles. The van der Waals surface area contributed by atoms with Gasteiger partial charge in [-0.2, -0.15) is 0 Å². The van der Waals surface area contributed by atoms with Crippen LogP contribution in [0.25, 0.3) is 0 Å². The highest BCUT2D eigenvalue weighted by atomic mass is 31.2. The van der Waals surface area contributed by atoms with E-state index in [1.807, 2.05) is 0 Å². The molecule has 6 unspecified atom stereocenters. The van der Waals surface area contributed by atoms with Crippen LogP contribution < -0.4 is 0 Å². The quantitative estimate of drug-likeness (QED) is 0.0148. The van der Waals surface area contributed by atoms with Crippen LogP contribution >= 0.6 is 7.82 Å². The number of rotatable bonds is 40. The number of hydrogen-bond acceptors (Lipinski definition) is 11. The fourth-order valence-electron chi connectivity index (χ4n) is 6.98. The van der Waals surface area contributed by atoms with E-state index in [2.05, 4.69) is 74.6 Å². The van der Waals surface area contributed by atoms with E-state index in [9.17, 15) is 39.8 Å². The highest BCUT2D eigenvalue weighted by Crippen LogP contribution is 2.47. The van der Waals surface area contributed by atoms with E-state index in [0.29, 0.717) is 13.0 Å². The molecule has 1 saturated carbocycles. The predicted octanol–water partition coefficient (Wildman–Crippen LogP) is 10.2. The minimum Gasteiger partial charge on any atom is -0.457 e. The normalized spacial score (nSPS) is 22.5. The third-order valence-corrected chi connectivity index (χ3v) is 11.8. The Hall–Kier alpha value is -1.96. The third kappa shape index (κ3) is 31.0. The maximum Gasteiger partial charge on any atom is 0.472 e. The number of hydrogen-bond donors (Lipinski definition) is 6. The van der Waals surface area contributed by atoms with Crippen LogP contribution in [0.4, 0.5) is 0 Å². The second-order valence-corrected chi connectivity index (χ2v) is 18.0. The van der Waals surface area contributed by atoms with Gasteiger partial charge in [0, 0.05) is 13.0 Å². The van der Waals surface area contributed by atoms with Crippen molar-refractivity contribution in [3.8, 4) is 0 Å². The number of carbonyl (C=O) groups excluding carboxylic acids is 1. The van der Waals surface area contributed by atoms with Gasteiger partial charge in [-0.3, -0.25) is 13.8 Å². The number of carbonyl (C=O) groups is 1. The smallest absolute Gasteiger partial charge is 0.457 e. The summed E-state index contributed by atoms with van der Waals surface area (Å²) in [6.45, 7) is 4.16. The summed E-state index contributed by atoms with van der Waals surface area (Å²) in [4.78, 5) is 23.2. The van der Waals surface area contributed by atoms with Crippen molar-refractivity contribution in [3.05, 3.63) is 60.8 Å². The molecular formula is C49H87O12P. The molecule has 0 radical (unpaired) electrons. The van der Waals surface area contributed by atoms with Gasteiger partial charge >= 0.3 is 13.8 Å². The average Bonchev–Trinajstić information content (AvgIpc) is 3.26. The monoisotopic (exact) mass is 899 g/mol. The van der Waals surface area contributed by atoms with E-state index < -0.39 is 63.1 Å². The first-order valence-electron chi connectivity index (χ1n) is 24.1. The molecule has 13 heteroatoms. The summed E-state index contributed by atoms with van der Waals surface area (Å²) in [6.07, 6.45) is 37.1. The zero-order valence-corrected chi connectivity index (χ0v) is 39.3. The molecule has 0 aromatic rings. The molecule has 0 amide bonds. The summed E-state index contributed by atoms with van der Waals surface area (Å²) in [5, 5.41) is 50.2. The Bertz CT molecular complexity index is 1250. The van der Waals surface area contributed by atoms with Crippen LogP contribution in [0, 0.1) is 0 Å². The van der Waals surface area contributed by atoms with Gasteiger partial charge in [0.05, 0.1) is 13.2 Å². The van der Waals surface area contributed by atoms with Gasteiger partial charge in [-0.1, -0.05) is 152 Å². The number of phosphoric acid groups is 1. The van der Waals surface area contributed by atoms with Crippen LogP contribution in [0.15, 0.2) is 60.8 Å². The Morgan fingerprint density at radius 1 is 0.516 bits per heavy atom. The van der Waals surface area contributed by atoms with Gasteiger partial charge in [0.2, 0.25) is 0 Å². The number of unbranched alkanes of at least 4 members (excludes halogenated alkanes) is 18. The predicted molar refractivity (Wildman–Crippen MR) is 248 cm³/mol. The van der Waals surface area contributed by atoms with Crippen LogP contribution in [0.1, 0.15) is 181 Å². The summed E-state index contributed by atoms with van der Waals surface area (Å²) in [5.74, 6) is -0.497. The van der Waals surface area contributed by atoms with E-state index >= 15 is 0 Å². The van der Waals surface area contributed by atoms with Gasteiger partial charge in [-0.05, 0) is 83.5 Å². The van der Waals surface area contributed by atoms with Crippen molar-refractivity contribution in [2.45, 2.75) is 224 Å². The van der Waals surface area contributed by atoms with Gasteiger partial charge in [-0.15, -0.1) is 0 Å². The molecule has 62 heavy (non-hydrogen) atoms. The van der Waals surface area contributed by atoms with E-state index in [-0.39, 0.29) is 13.0 Å². The number of phosphoric ester groups is 1. The molecular weight excluding hydrogens is 812 g/mol. The molecule has 1 aliphatic rings. The molecule has 0 heterocycles. The highest BCUT2D eigenvalue weighted by Gasteiger charge is 2.51. The Morgan fingerprint density at radius 2 is 0.903 bits per heavy atom. The second-order valence-electron chi connectivity index (χ2n) is 16.6. The fraction of sp³-hybridized carbons (Fsp3) is 0.776. The molecule has 0 spiro atoms. The Balaban J connectivity index is 2.39. The molecule has 0 aromatic heterocycles. The molecule has 0 bridgehead atoms. The van der Waals surface area contributed by atoms with Crippen LogP contribution in [0.5, 0.6) is 0 Å². The second kappa shape index (κ2) is 39.4. The molecule has 0 saturated heterocycles. The van der Waals surface area contributed by atoms with Crippen molar-refractivity contribution in [2.24, 2.45) is 0 Å². The van der Waals surface area contributed by atoms with E-state index in [4.69, 9.17) is 18.5 Å². The lowest BCUT2D eigenvalue weighted by Gasteiger charge is -2.41. The lowest BCUT2D eigenvalue weighted by atomic mass is 9.85. The summed E-state index contributed by atoms with van der Waals surface area (Å²) in [5.41, 5.74) is 0. The molecule has 1 aliphatic carbocycles. The molecule has 6 N–H and O–H groups in total. The van der Waals surface area contributed by atoms with Gasteiger partial charge in [0.25, 0.3) is 0 Å². The third-order valence-electron chi connectivity index (χ3n) is 10.9. The van der Waals surface area contributed by atoms with E-state index in [0.717, 1.165) is 89.9 Å². The molecule has 0 aromatic carbocycles. The first-order chi connectivity index (χ1) is 30.0. The van der Waals surface area contributed by atoms with Gasteiger partial charge in [0.15, 0.2) is 0 Å². The number of aliphatic hydroxyl groups is 5. The van der Waals surface area contributed by atoms with Gasteiger partial charge in [0.1, 0.15) is 42.7 Å². The largest absolute Gasteiger partial charge is 0.472 e. The van der Waals surface area contributed by atoms with Crippen molar-refractivity contribution in [3.63, 3.8) is 0 Å². The van der Waals surface area contributed by atoms with Crippen molar-refractivity contribution in [1.82, 2.24) is 0 Å². The molecule has 12 nitrogen and oxygen atoms in total. The van der Waals surface area contributed by atoms with Crippen molar-refractivity contribution in [1.29, 1.82) is 0 Å². The lowest BCUT2D eigenvalue weighted by molar-refractivity contribution is -0.220. The zero-order valence-electron chi connectivity index (χ0n) is 38.4. The summed E-state index contributed by atoms with van der Waals surface area (Å²) in [6, 6.07) is 0. The van der Waals surface area contributed by atoms with Crippen LogP contribution in [0.2, 0.25) is 0 Å². The number of esters is 1. The summed E-state index contributed by atoms with van der Waals surface area (Å²) >= 11 is 0. The van der Waals surface area contributed by atoms with Crippen LogP contribution in [-0.4, -0.2) is 98.9 Å². The fourth-order valence-corrected chi connectivity index (χ4v) is 7.95. The topological polar surface area (TPSA) is 192 Å². The maximum absolute atomic E-state index is 12.8. The van der Waals surface area contributed by atoms with E-state index in [1.54, 1.807) is 0 Å². The highest BCUT2D eigenvalue weighted by molar-refractivity contribution is 7.47. The standard InChI is InChI=1S/C49H87O12P/c1-3-5-7-9-11-13-15-17-19-20-21-22-23-25-27-29-31-33-35-37-39-58-40-42(41-59-62(56,57)61-49-47(54)45(52)44(51)46(53)48(49)55)60-43(50)38-36-34-32-30-28-26-24-18-16-14-12-10-8-6-4-2/h11-14,17-19,21-22,24,42,44-49,51-55H,3-10,15-16,20,23,25-41H2,1-2H3,(H,56,57)/b13-11-,14-12-,19-17-,22-21-,24-18-. The van der Waals surface area contributed by atoms with Crippen molar-refractivity contribution < 1.29 is 58.3 Å². The Kier molecular flexibility index (Phi) is 36.9. The minimum atomic E-state index is -5.03. The summed E-state index contributed by atoms with van der Waals surface area (Å²) < 4.78 is 34.2. The SMILES string of the molecule is CCCCC/C=C\C/C=C\C/C=C\CCCCCCCCCOCC(COP(=O)(O)OC1C(O)C(O)C(O)C(O)C1O)OC(=O)CCCCCCC/C=C\C/C=C\CCCCC.